The first-order valence-corrected chi connectivity index (χ1v) is 5.51. The molecule has 16 heavy (non-hydrogen) atoms. The van der Waals surface area contributed by atoms with Crippen LogP contribution in [0.2, 0.25) is 0 Å². The topological polar surface area (TPSA) is 56.0 Å². The highest BCUT2D eigenvalue weighted by molar-refractivity contribution is 5.37. The Morgan fingerprint density at radius 1 is 1.38 bits per heavy atom. The van der Waals surface area contributed by atoms with Gasteiger partial charge in [-0.2, -0.15) is 5.26 Å². The van der Waals surface area contributed by atoms with Crippen LogP contribution < -0.4 is 5.32 Å². The second-order valence-electron chi connectivity index (χ2n) is 4.18. The van der Waals surface area contributed by atoms with Gasteiger partial charge in [0.2, 0.25) is 0 Å². The number of nitriles is 1. The lowest BCUT2D eigenvalue weighted by atomic mass is 10.0. The molecular weight excluding hydrogens is 200 g/mol. The molecule has 0 aromatic heterocycles. The third-order valence-corrected chi connectivity index (χ3v) is 2.69. The van der Waals surface area contributed by atoms with Crippen LogP contribution in [0.15, 0.2) is 24.3 Å². The van der Waals surface area contributed by atoms with E-state index in [0.29, 0.717) is 18.0 Å². The largest absolute Gasteiger partial charge is 0.395 e. The molecule has 0 aliphatic carbocycles. The Balaban J connectivity index is 2.64. The van der Waals surface area contributed by atoms with Crippen molar-refractivity contribution in [2.45, 2.75) is 26.4 Å². The molecule has 0 amide bonds. The Labute approximate surface area is 96.7 Å². The summed E-state index contributed by atoms with van der Waals surface area (Å²) in [7, 11) is 0. The molecule has 1 unspecified atom stereocenters. The molecule has 0 aliphatic heterocycles. The number of nitrogens with zero attached hydrogens (tertiary/aromatic N) is 1. The van der Waals surface area contributed by atoms with Gasteiger partial charge in [-0.1, -0.05) is 32.0 Å². The molecule has 2 N–H and O–H groups in total. The van der Waals surface area contributed by atoms with Gasteiger partial charge in [0.15, 0.2) is 0 Å². The van der Waals surface area contributed by atoms with E-state index in [-0.39, 0.29) is 12.6 Å². The Hall–Kier alpha value is -1.37. The predicted molar refractivity (Wildman–Crippen MR) is 63.7 cm³/mol. The van der Waals surface area contributed by atoms with Crippen molar-refractivity contribution in [2.24, 2.45) is 5.92 Å². The van der Waals surface area contributed by atoms with Crippen LogP contribution in [-0.2, 0) is 6.54 Å². The zero-order valence-corrected chi connectivity index (χ0v) is 9.77. The summed E-state index contributed by atoms with van der Waals surface area (Å²) in [5.41, 5.74) is 1.67. The van der Waals surface area contributed by atoms with Crippen LogP contribution in [0.25, 0.3) is 0 Å². The van der Waals surface area contributed by atoms with Gasteiger partial charge in [0.25, 0.3) is 0 Å². The normalized spacial score (nSPS) is 12.4. The first-order valence-electron chi connectivity index (χ1n) is 5.51. The molecule has 0 saturated heterocycles. The zero-order chi connectivity index (χ0) is 12.0. The molecule has 0 heterocycles. The third-order valence-electron chi connectivity index (χ3n) is 2.69. The molecule has 86 valence electrons. The molecule has 1 atom stereocenters. The number of nitrogens with one attached hydrogen (secondary N) is 1. The van der Waals surface area contributed by atoms with E-state index in [4.69, 9.17) is 5.26 Å². The molecule has 0 spiro atoms. The highest BCUT2D eigenvalue weighted by Gasteiger charge is 2.11. The van der Waals surface area contributed by atoms with Crippen molar-refractivity contribution in [3.8, 4) is 6.07 Å². The number of hydrogen-bond donors (Lipinski definition) is 2. The lowest BCUT2D eigenvalue weighted by Crippen LogP contribution is -2.36. The van der Waals surface area contributed by atoms with Crippen molar-refractivity contribution in [3.05, 3.63) is 35.4 Å². The van der Waals surface area contributed by atoms with Crippen LogP contribution in [0, 0.1) is 17.2 Å². The first-order chi connectivity index (χ1) is 7.69. The van der Waals surface area contributed by atoms with Gasteiger partial charge in [0, 0.05) is 12.6 Å². The molecule has 1 aromatic carbocycles. The summed E-state index contributed by atoms with van der Waals surface area (Å²) in [5, 5.41) is 21.4. The second-order valence-corrected chi connectivity index (χ2v) is 4.18. The summed E-state index contributed by atoms with van der Waals surface area (Å²) < 4.78 is 0. The predicted octanol–water partition coefficient (Wildman–Crippen LogP) is 1.66. The van der Waals surface area contributed by atoms with E-state index < -0.39 is 0 Å². The van der Waals surface area contributed by atoms with Gasteiger partial charge in [-0.15, -0.1) is 0 Å². The highest BCUT2D eigenvalue weighted by Crippen LogP contribution is 2.08. The minimum atomic E-state index is 0.0757. The number of aliphatic hydroxyl groups excluding tert-OH is 1. The van der Waals surface area contributed by atoms with E-state index in [1.165, 1.54) is 0 Å². The van der Waals surface area contributed by atoms with Crippen molar-refractivity contribution >= 4 is 0 Å². The van der Waals surface area contributed by atoms with Gasteiger partial charge < -0.3 is 10.4 Å². The summed E-state index contributed by atoms with van der Waals surface area (Å²) in [4.78, 5) is 0. The average Bonchev–Trinajstić information content (AvgIpc) is 2.30. The molecule has 0 aliphatic rings. The number of benzene rings is 1. The van der Waals surface area contributed by atoms with Gasteiger partial charge in [-0.25, -0.2) is 0 Å². The standard InChI is InChI=1S/C13H18N2O/c1-10(2)13(9-16)15-8-12-6-4-3-5-11(12)7-14/h3-6,10,13,15-16H,8-9H2,1-2H3. The fourth-order valence-corrected chi connectivity index (χ4v) is 1.54. The quantitative estimate of drug-likeness (QED) is 0.790. The molecular formula is C13H18N2O. The van der Waals surface area contributed by atoms with E-state index in [1.54, 1.807) is 6.07 Å². The van der Waals surface area contributed by atoms with Crippen LogP contribution >= 0.6 is 0 Å². The molecule has 0 bridgehead atoms. The number of rotatable bonds is 5. The van der Waals surface area contributed by atoms with E-state index in [2.05, 4.69) is 25.2 Å². The average molecular weight is 218 g/mol. The molecule has 1 rings (SSSR count). The SMILES string of the molecule is CC(C)C(CO)NCc1ccccc1C#N. The summed E-state index contributed by atoms with van der Waals surface area (Å²) in [6.45, 7) is 4.85. The van der Waals surface area contributed by atoms with Crippen LogP contribution in [0.1, 0.15) is 25.0 Å². The first kappa shape index (κ1) is 12.7. The van der Waals surface area contributed by atoms with E-state index in [1.807, 2.05) is 18.2 Å². The van der Waals surface area contributed by atoms with Gasteiger partial charge in [-0.05, 0) is 17.5 Å². The maximum atomic E-state index is 9.17. The molecule has 3 heteroatoms. The summed E-state index contributed by atoms with van der Waals surface area (Å²) in [5.74, 6) is 0.374. The van der Waals surface area contributed by atoms with Gasteiger partial charge in [0.05, 0.1) is 18.2 Å². The monoisotopic (exact) mass is 218 g/mol. The smallest absolute Gasteiger partial charge is 0.0995 e. The third kappa shape index (κ3) is 3.34. The molecule has 0 fully saturated rings. The van der Waals surface area contributed by atoms with Crippen molar-refractivity contribution < 1.29 is 5.11 Å². The number of aliphatic hydroxyl groups is 1. The second kappa shape index (κ2) is 6.26. The Kier molecular flexibility index (Phi) is 4.97. The van der Waals surface area contributed by atoms with Gasteiger partial charge >= 0.3 is 0 Å². The van der Waals surface area contributed by atoms with E-state index >= 15 is 0 Å². The zero-order valence-electron chi connectivity index (χ0n) is 9.77. The lowest BCUT2D eigenvalue weighted by molar-refractivity contribution is 0.210. The number of hydrogen-bond acceptors (Lipinski definition) is 3. The van der Waals surface area contributed by atoms with Crippen molar-refractivity contribution in [2.75, 3.05) is 6.61 Å². The minimum absolute atomic E-state index is 0.0757. The Morgan fingerprint density at radius 3 is 2.62 bits per heavy atom. The summed E-state index contributed by atoms with van der Waals surface area (Å²) in [6, 6.07) is 9.75. The molecule has 0 radical (unpaired) electrons. The molecule has 0 saturated carbocycles. The van der Waals surface area contributed by atoms with E-state index in [9.17, 15) is 5.11 Å². The van der Waals surface area contributed by atoms with E-state index in [0.717, 1.165) is 5.56 Å². The fourth-order valence-electron chi connectivity index (χ4n) is 1.54. The fraction of sp³-hybridized carbons (Fsp3) is 0.462. The van der Waals surface area contributed by atoms with Crippen molar-refractivity contribution in [1.29, 1.82) is 5.26 Å². The lowest BCUT2D eigenvalue weighted by Gasteiger charge is -2.20. The summed E-state index contributed by atoms with van der Waals surface area (Å²) in [6.07, 6.45) is 0. The highest BCUT2D eigenvalue weighted by atomic mass is 16.3. The van der Waals surface area contributed by atoms with Crippen LogP contribution in [0.3, 0.4) is 0 Å². The van der Waals surface area contributed by atoms with Crippen LogP contribution in [-0.4, -0.2) is 17.8 Å². The molecule has 1 aromatic rings. The minimum Gasteiger partial charge on any atom is -0.395 e. The van der Waals surface area contributed by atoms with Crippen LogP contribution in [0.5, 0.6) is 0 Å². The Morgan fingerprint density at radius 2 is 2.06 bits per heavy atom. The van der Waals surface area contributed by atoms with Crippen LogP contribution in [0.4, 0.5) is 0 Å². The van der Waals surface area contributed by atoms with Crippen molar-refractivity contribution in [1.82, 2.24) is 5.32 Å². The maximum Gasteiger partial charge on any atom is 0.0995 e. The Bertz CT molecular complexity index is 368. The maximum absolute atomic E-state index is 9.17. The summed E-state index contributed by atoms with van der Waals surface area (Å²) >= 11 is 0. The van der Waals surface area contributed by atoms with Crippen molar-refractivity contribution in [3.63, 3.8) is 0 Å². The van der Waals surface area contributed by atoms with Gasteiger partial charge in [-0.3, -0.25) is 0 Å². The molecule has 3 nitrogen and oxygen atoms in total. The van der Waals surface area contributed by atoms with Gasteiger partial charge in [0.1, 0.15) is 0 Å².